The lowest BCUT2D eigenvalue weighted by Crippen LogP contribution is -2.31. The van der Waals surface area contributed by atoms with Crippen LogP contribution in [0.15, 0.2) is 5.38 Å². The maximum atomic E-state index is 10.9. The van der Waals surface area contributed by atoms with Gasteiger partial charge in [0, 0.05) is 30.7 Å². The summed E-state index contributed by atoms with van der Waals surface area (Å²) >= 11 is 1.63. The lowest BCUT2D eigenvalue weighted by molar-refractivity contribution is 0.580. The fraction of sp³-hybridized carbons (Fsp3) is 0.545. The molecule has 19 heavy (non-hydrogen) atoms. The molecule has 0 aliphatic rings. The van der Waals surface area contributed by atoms with Crippen LogP contribution in [0.2, 0.25) is 0 Å². The molecule has 0 bridgehead atoms. The van der Waals surface area contributed by atoms with Crippen LogP contribution in [0.4, 0.5) is 0 Å². The van der Waals surface area contributed by atoms with Gasteiger partial charge in [-0.2, -0.15) is 0 Å². The van der Waals surface area contributed by atoms with Crippen molar-refractivity contribution in [1.82, 2.24) is 19.4 Å². The van der Waals surface area contributed by atoms with Gasteiger partial charge in [-0.25, -0.2) is 18.1 Å². The number of hydrogen-bond donors (Lipinski definition) is 2. The summed E-state index contributed by atoms with van der Waals surface area (Å²) in [5.41, 5.74) is 3.32. The third-order valence-electron chi connectivity index (χ3n) is 2.79. The monoisotopic (exact) mass is 302 g/mol. The number of sulfonamides is 1. The number of thiazole rings is 1. The Bertz CT molecular complexity index is 672. The standard InChI is InChI=1S/C11H18N4O2S2/c1-8-7-18-11-14-9(2)10(15(8)11)6-12-4-5-13-19(3,16)17/h7,12-13H,4-6H2,1-3H3. The number of nitrogens with one attached hydrogen (secondary N) is 2. The van der Waals surface area contributed by atoms with Crippen LogP contribution >= 0.6 is 11.3 Å². The quantitative estimate of drug-likeness (QED) is 0.768. The van der Waals surface area contributed by atoms with Gasteiger partial charge in [-0.1, -0.05) is 0 Å². The van der Waals surface area contributed by atoms with Gasteiger partial charge in [0.2, 0.25) is 10.0 Å². The highest BCUT2D eigenvalue weighted by atomic mass is 32.2. The summed E-state index contributed by atoms with van der Waals surface area (Å²) in [5, 5.41) is 5.31. The SMILES string of the molecule is Cc1nc2scc(C)n2c1CNCCNS(C)(=O)=O. The topological polar surface area (TPSA) is 75.5 Å². The van der Waals surface area contributed by atoms with Gasteiger partial charge in [0.05, 0.1) is 17.6 Å². The minimum Gasteiger partial charge on any atom is -0.310 e. The number of aromatic nitrogens is 2. The fourth-order valence-electron chi connectivity index (χ4n) is 1.91. The number of aryl methyl sites for hydroxylation is 2. The highest BCUT2D eigenvalue weighted by Crippen LogP contribution is 2.20. The fourth-order valence-corrected chi connectivity index (χ4v) is 3.31. The third-order valence-corrected chi connectivity index (χ3v) is 4.46. The molecule has 0 spiro atoms. The highest BCUT2D eigenvalue weighted by molar-refractivity contribution is 7.88. The predicted molar refractivity (Wildman–Crippen MR) is 77.1 cm³/mol. The van der Waals surface area contributed by atoms with Crippen molar-refractivity contribution in [3.05, 3.63) is 22.5 Å². The largest absolute Gasteiger partial charge is 0.310 e. The smallest absolute Gasteiger partial charge is 0.208 e. The van der Waals surface area contributed by atoms with Gasteiger partial charge in [0.25, 0.3) is 0 Å². The predicted octanol–water partition coefficient (Wildman–Crippen LogP) is 0.651. The van der Waals surface area contributed by atoms with E-state index in [2.05, 4.69) is 31.7 Å². The molecule has 0 aromatic carbocycles. The molecular weight excluding hydrogens is 284 g/mol. The molecule has 2 N–H and O–H groups in total. The molecule has 2 aromatic rings. The van der Waals surface area contributed by atoms with Crippen LogP contribution in [0.1, 0.15) is 17.1 Å². The van der Waals surface area contributed by atoms with Crippen LogP contribution in [-0.4, -0.2) is 37.1 Å². The third kappa shape index (κ3) is 3.53. The Hall–Kier alpha value is -0.960. The van der Waals surface area contributed by atoms with Crippen LogP contribution in [0.5, 0.6) is 0 Å². The lowest BCUT2D eigenvalue weighted by Gasteiger charge is -2.06. The first-order chi connectivity index (χ1) is 8.88. The molecule has 0 fully saturated rings. The number of rotatable bonds is 6. The molecule has 0 saturated heterocycles. The average molecular weight is 302 g/mol. The summed E-state index contributed by atoms with van der Waals surface area (Å²) in [4.78, 5) is 5.50. The molecule has 0 aliphatic heterocycles. The van der Waals surface area contributed by atoms with Crippen LogP contribution in [0.25, 0.3) is 4.96 Å². The Morgan fingerprint density at radius 2 is 2.11 bits per heavy atom. The van der Waals surface area contributed by atoms with Crippen molar-refractivity contribution in [2.45, 2.75) is 20.4 Å². The molecule has 8 heteroatoms. The zero-order valence-electron chi connectivity index (χ0n) is 11.2. The number of nitrogens with zero attached hydrogens (tertiary/aromatic N) is 2. The van der Waals surface area contributed by atoms with Crippen molar-refractivity contribution in [2.75, 3.05) is 19.3 Å². The van der Waals surface area contributed by atoms with E-state index in [4.69, 9.17) is 0 Å². The van der Waals surface area contributed by atoms with E-state index in [-0.39, 0.29) is 0 Å². The van der Waals surface area contributed by atoms with Crippen molar-refractivity contribution in [1.29, 1.82) is 0 Å². The van der Waals surface area contributed by atoms with E-state index in [1.54, 1.807) is 11.3 Å². The van der Waals surface area contributed by atoms with E-state index >= 15 is 0 Å². The van der Waals surface area contributed by atoms with Crippen molar-refractivity contribution in [2.24, 2.45) is 0 Å². The summed E-state index contributed by atoms with van der Waals surface area (Å²) in [7, 11) is -3.10. The zero-order chi connectivity index (χ0) is 14.0. The van der Waals surface area contributed by atoms with E-state index in [0.29, 0.717) is 19.6 Å². The first-order valence-electron chi connectivity index (χ1n) is 5.96. The Labute approximate surface area is 116 Å². The van der Waals surface area contributed by atoms with Crippen molar-refractivity contribution in [3.63, 3.8) is 0 Å². The van der Waals surface area contributed by atoms with Gasteiger partial charge in [0.15, 0.2) is 4.96 Å². The first-order valence-corrected chi connectivity index (χ1v) is 8.73. The second kappa shape index (κ2) is 5.58. The molecule has 0 unspecified atom stereocenters. The second-order valence-electron chi connectivity index (χ2n) is 4.48. The molecule has 0 radical (unpaired) electrons. The second-order valence-corrected chi connectivity index (χ2v) is 7.15. The summed E-state index contributed by atoms with van der Waals surface area (Å²) in [6.45, 7) is 5.70. The van der Waals surface area contributed by atoms with Crippen molar-refractivity contribution >= 4 is 26.3 Å². The minimum atomic E-state index is -3.10. The number of imidazole rings is 1. The maximum absolute atomic E-state index is 10.9. The Kier molecular flexibility index (Phi) is 4.24. The van der Waals surface area contributed by atoms with Crippen LogP contribution < -0.4 is 10.0 Å². The molecule has 2 rings (SSSR count). The van der Waals surface area contributed by atoms with Gasteiger partial charge < -0.3 is 5.32 Å². The molecule has 0 amide bonds. The molecule has 2 heterocycles. The van der Waals surface area contributed by atoms with Crippen molar-refractivity contribution < 1.29 is 8.42 Å². The summed E-state index contributed by atoms with van der Waals surface area (Å²) in [6, 6.07) is 0. The maximum Gasteiger partial charge on any atom is 0.208 e. The van der Waals surface area contributed by atoms with Crippen LogP contribution in [0.3, 0.4) is 0 Å². The van der Waals surface area contributed by atoms with Crippen LogP contribution in [-0.2, 0) is 16.6 Å². The molecule has 2 aromatic heterocycles. The molecule has 0 aliphatic carbocycles. The molecule has 0 saturated carbocycles. The Morgan fingerprint density at radius 1 is 1.37 bits per heavy atom. The summed E-state index contributed by atoms with van der Waals surface area (Å²) in [5.74, 6) is 0. The number of fused-ring (bicyclic) bond motifs is 1. The molecule has 106 valence electrons. The summed E-state index contributed by atoms with van der Waals surface area (Å²) in [6.07, 6.45) is 1.16. The van der Waals surface area contributed by atoms with E-state index in [1.165, 1.54) is 5.69 Å². The van der Waals surface area contributed by atoms with Gasteiger partial charge in [-0.05, 0) is 13.8 Å². The van der Waals surface area contributed by atoms with Gasteiger partial charge in [0.1, 0.15) is 0 Å². The van der Waals surface area contributed by atoms with E-state index in [0.717, 1.165) is 22.6 Å². The Balaban J connectivity index is 1.95. The lowest BCUT2D eigenvalue weighted by atomic mass is 10.3. The first kappa shape index (κ1) is 14.4. The number of hydrogen-bond acceptors (Lipinski definition) is 5. The molecule has 6 nitrogen and oxygen atoms in total. The van der Waals surface area contributed by atoms with Gasteiger partial charge >= 0.3 is 0 Å². The van der Waals surface area contributed by atoms with Gasteiger partial charge in [-0.3, -0.25) is 4.40 Å². The molecular formula is C11H18N4O2S2. The minimum absolute atomic E-state index is 0.391. The van der Waals surface area contributed by atoms with Gasteiger partial charge in [-0.15, -0.1) is 11.3 Å². The Morgan fingerprint density at radius 3 is 2.79 bits per heavy atom. The van der Waals surface area contributed by atoms with E-state index < -0.39 is 10.0 Å². The molecule has 0 atom stereocenters. The average Bonchev–Trinajstić information content (AvgIpc) is 2.78. The van der Waals surface area contributed by atoms with Crippen molar-refractivity contribution in [3.8, 4) is 0 Å². The van der Waals surface area contributed by atoms with E-state index in [9.17, 15) is 8.42 Å². The zero-order valence-corrected chi connectivity index (χ0v) is 12.9. The van der Waals surface area contributed by atoms with E-state index in [1.807, 2.05) is 6.92 Å². The highest BCUT2D eigenvalue weighted by Gasteiger charge is 2.11. The normalized spacial score (nSPS) is 12.4. The van der Waals surface area contributed by atoms with Crippen LogP contribution in [0, 0.1) is 13.8 Å². The summed E-state index contributed by atoms with van der Waals surface area (Å²) < 4.78 is 26.4.